The average molecular weight is 295 g/mol. The molecule has 1 aromatic heterocycles. The molecular weight excluding hydrogens is 274 g/mol. The molecule has 0 spiro atoms. The normalized spacial score (nSPS) is 20.5. The van der Waals surface area contributed by atoms with Gasteiger partial charge in [0.05, 0.1) is 13.2 Å². The van der Waals surface area contributed by atoms with Crippen molar-refractivity contribution in [1.29, 1.82) is 0 Å². The second kappa shape index (κ2) is 6.58. The zero-order chi connectivity index (χ0) is 13.8. The van der Waals surface area contributed by atoms with Crippen LogP contribution in [0.5, 0.6) is 0 Å². The number of anilines is 2. The zero-order valence-electron chi connectivity index (χ0n) is 11.6. The Labute approximate surface area is 123 Å². The van der Waals surface area contributed by atoms with E-state index in [4.69, 9.17) is 10.5 Å². The number of hydrogen-bond donors (Lipinski definition) is 1. The van der Waals surface area contributed by atoms with Gasteiger partial charge in [-0.25, -0.2) is 0 Å². The van der Waals surface area contributed by atoms with Gasteiger partial charge in [-0.2, -0.15) is 15.0 Å². The number of thioether (sulfide) groups is 1. The van der Waals surface area contributed by atoms with E-state index in [1.165, 1.54) is 25.7 Å². The van der Waals surface area contributed by atoms with Crippen LogP contribution in [0.15, 0.2) is 5.16 Å². The molecule has 0 atom stereocenters. The molecule has 0 bridgehead atoms. The second-order valence-corrected chi connectivity index (χ2v) is 6.32. The number of hydrogen-bond acceptors (Lipinski definition) is 7. The van der Waals surface area contributed by atoms with E-state index in [2.05, 4.69) is 19.9 Å². The summed E-state index contributed by atoms with van der Waals surface area (Å²) in [5, 5.41) is 0.755. The quantitative estimate of drug-likeness (QED) is 0.845. The molecule has 1 aromatic rings. The van der Waals surface area contributed by atoms with Gasteiger partial charge in [0.25, 0.3) is 0 Å². The van der Waals surface area contributed by atoms with Gasteiger partial charge in [-0.3, -0.25) is 0 Å². The minimum Gasteiger partial charge on any atom is -0.378 e. The summed E-state index contributed by atoms with van der Waals surface area (Å²) < 4.78 is 5.35. The Kier molecular flexibility index (Phi) is 4.57. The highest BCUT2D eigenvalue weighted by Gasteiger charge is 2.18. The number of morpholine rings is 1. The van der Waals surface area contributed by atoms with Crippen LogP contribution in [0.25, 0.3) is 0 Å². The van der Waals surface area contributed by atoms with E-state index in [0.717, 1.165) is 43.1 Å². The fourth-order valence-electron chi connectivity index (χ4n) is 2.70. The van der Waals surface area contributed by atoms with Crippen molar-refractivity contribution >= 4 is 23.7 Å². The molecule has 2 fully saturated rings. The molecule has 3 rings (SSSR count). The summed E-state index contributed by atoms with van der Waals surface area (Å²) in [6.07, 6.45) is 5.40. The molecule has 1 aliphatic carbocycles. The number of ether oxygens (including phenoxy) is 1. The van der Waals surface area contributed by atoms with Crippen molar-refractivity contribution in [3.05, 3.63) is 0 Å². The highest BCUT2D eigenvalue weighted by molar-refractivity contribution is 7.99. The number of nitrogens with two attached hydrogens (primary N) is 1. The molecule has 2 aliphatic rings. The molecule has 0 amide bonds. The maximum atomic E-state index is 5.82. The standard InChI is InChI=1S/C13H21N5OS/c14-11-15-12(18-5-7-19-8-6-18)17-13(16-11)20-9-10-3-1-2-4-10/h10H,1-9H2,(H2,14,15,16,17). The Bertz CT molecular complexity index is 446. The van der Waals surface area contributed by atoms with E-state index < -0.39 is 0 Å². The highest BCUT2D eigenvalue weighted by atomic mass is 32.2. The predicted molar refractivity (Wildman–Crippen MR) is 80.0 cm³/mol. The third kappa shape index (κ3) is 3.52. The van der Waals surface area contributed by atoms with Crippen LogP contribution in [0.3, 0.4) is 0 Å². The zero-order valence-corrected chi connectivity index (χ0v) is 12.4. The number of aromatic nitrogens is 3. The monoisotopic (exact) mass is 295 g/mol. The molecule has 2 N–H and O–H groups in total. The molecule has 20 heavy (non-hydrogen) atoms. The van der Waals surface area contributed by atoms with Crippen LogP contribution in [0.2, 0.25) is 0 Å². The van der Waals surface area contributed by atoms with Gasteiger partial charge in [0, 0.05) is 18.8 Å². The first-order valence-electron chi connectivity index (χ1n) is 7.28. The Morgan fingerprint density at radius 3 is 2.65 bits per heavy atom. The molecule has 6 nitrogen and oxygen atoms in total. The summed E-state index contributed by atoms with van der Waals surface area (Å²) in [5.74, 6) is 2.90. The molecule has 1 saturated heterocycles. The van der Waals surface area contributed by atoms with E-state index in [1.807, 2.05) is 0 Å². The van der Waals surface area contributed by atoms with E-state index in [1.54, 1.807) is 11.8 Å². The number of rotatable bonds is 4. The van der Waals surface area contributed by atoms with Crippen LogP contribution in [-0.2, 0) is 4.74 Å². The van der Waals surface area contributed by atoms with Crippen LogP contribution in [0.1, 0.15) is 25.7 Å². The predicted octanol–water partition coefficient (Wildman–Crippen LogP) is 1.57. The summed E-state index contributed by atoms with van der Waals surface area (Å²) >= 11 is 1.71. The molecule has 7 heteroatoms. The minimum absolute atomic E-state index is 0.315. The topological polar surface area (TPSA) is 77.2 Å². The van der Waals surface area contributed by atoms with E-state index >= 15 is 0 Å². The van der Waals surface area contributed by atoms with Gasteiger partial charge in [0.15, 0.2) is 5.16 Å². The summed E-state index contributed by atoms with van der Waals surface area (Å²) in [4.78, 5) is 15.2. The third-order valence-electron chi connectivity index (χ3n) is 3.84. The van der Waals surface area contributed by atoms with Gasteiger partial charge in [0.2, 0.25) is 11.9 Å². The minimum atomic E-state index is 0.315. The second-order valence-electron chi connectivity index (χ2n) is 5.34. The average Bonchev–Trinajstić information content (AvgIpc) is 2.99. The van der Waals surface area contributed by atoms with E-state index in [-0.39, 0.29) is 0 Å². The van der Waals surface area contributed by atoms with Crippen LogP contribution in [0, 0.1) is 5.92 Å². The Morgan fingerprint density at radius 2 is 1.90 bits per heavy atom. The van der Waals surface area contributed by atoms with Crippen LogP contribution >= 0.6 is 11.8 Å². The molecule has 2 heterocycles. The van der Waals surface area contributed by atoms with Crippen LogP contribution in [0.4, 0.5) is 11.9 Å². The van der Waals surface area contributed by atoms with Crippen molar-refractivity contribution in [3.8, 4) is 0 Å². The van der Waals surface area contributed by atoms with E-state index in [0.29, 0.717) is 11.9 Å². The molecule has 1 saturated carbocycles. The summed E-state index contributed by atoms with van der Waals surface area (Å²) in [6, 6.07) is 0. The fourth-order valence-corrected chi connectivity index (χ4v) is 3.72. The van der Waals surface area contributed by atoms with Crippen molar-refractivity contribution in [1.82, 2.24) is 15.0 Å². The van der Waals surface area contributed by atoms with Crippen molar-refractivity contribution in [2.24, 2.45) is 5.92 Å². The number of nitrogens with zero attached hydrogens (tertiary/aromatic N) is 4. The third-order valence-corrected chi connectivity index (χ3v) is 4.92. The molecule has 0 radical (unpaired) electrons. The maximum Gasteiger partial charge on any atom is 0.231 e. The van der Waals surface area contributed by atoms with E-state index in [9.17, 15) is 0 Å². The summed E-state index contributed by atoms with van der Waals surface area (Å²) in [5.41, 5.74) is 5.82. The van der Waals surface area contributed by atoms with Gasteiger partial charge in [-0.1, -0.05) is 24.6 Å². The Hall–Kier alpha value is -1.08. The first kappa shape index (κ1) is 13.9. The van der Waals surface area contributed by atoms with Crippen molar-refractivity contribution in [2.45, 2.75) is 30.8 Å². The van der Waals surface area contributed by atoms with Crippen LogP contribution < -0.4 is 10.6 Å². The van der Waals surface area contributed by atoms with Crippen LogP contribution in [-0.4, -0.2) is 47.0 Å². The van der Waals surface area contributed by atoms with Gasteiger partial charge in [-0.05, 0) is 18.8 Å². The number of nitrogen functional groups attached to an aromatic ring is 1. The lowest BCUT2D eigenvalue weighted by atomic mass is 10.1. The smallest absolute Gasteiger partial charge is 0.231 e. The first-order chi connectivity index (χ1) is 9.81. The first-order valence-corrected chi connectivity index (χ1v) is 8.27. The molecule has 0 aromatic carbocycles. The molecule has 110 valence electrons. The lowest BCUT2D eigenvalue weighted by Gasteiger charge is -2.26. The fraction of sp³-hybridized carbons (Fsp3) is 0.769. The molecular formula is C13H21N5OS. The van der Waals surface area contributed by atoms with Crippen molar-refractivity contribution in [2.75, 3.05) is 42.7 Å². The Morgan fingerprint density at radius 1 is 1.15 bits per heavy atom. The summed E-state index contributed by atoms with van der Waals surface area (Å²) in [6.45, 7) is 3.07. The van der Waals surface area contributed by atoms with Crippen molar-refractivity contribution < 1.29 is 4.74 Å². The lowest BCUT2D eigenvalue weighted by Crippen LogP contribution is -2.37. The largest absolute Gasteiger partial charge is 0.378 e. The van der Waals surface area contributed by atoms with Gasteiger partial charge < -0.3 is 15.4 Å². The maximum absolute atomic E-state index is 5.82. The Balaban J connectivity index is 1.65. The van der Waals surface area contributed by atoms with Gasteiger partial charge in [0.1, 0.15) is 0 Å². The SMILES string of the molecule is Nc1nc(SCC2CCCC2)nc(N2CCOCC2)n1. The summed E-state index contributed by atoms with van der Waals surface area (Å²) in [7, 11) is 0. The highest BCUT2D eigenvalue weighted by Crippen LogP contribution is 2.30. The lowest BCUT2D eigenvalue weighted by molar-refractivity contribution is 0.122. The van der Waals surface area contributed by atoms with Crippen molar-refractivity contribution in [3.63, 3.8) is 0 Å². The van der Waals surface area contributed by atoms with Gasteiger partial charge in [-0.15, -0.1) is 0 Å². The molecule has 1 aliphatic heterocycles. The molecule has 0 unspecified atom stereocenters. The van der Waals surface area contributed by atoms with Gasteiger partial charge >= 0.3 is 0 Å².